The van der Waals surface area contributed by atoms with E-state index in [0.29, 0.717) is 22.9 Å². The molecular weight excluding hydrogens is 340 g/mol. The van der Waals surface area contributed by atoms with E-state index < -0.39 is 0 Å². The Morgan fingerprint density at radius 3 is 2.80 bits per heavy atom. The fraction of sp³-hybridized carbons (Fsp3) is 0.118. The number of rotatable bonds is 6. The van der Waals surface area contributed by atoms with Gasteiger partial charge in [0.15, 0.2) is 11.5 Å². The first-order valence-corrected chi connectivity index (χ1v) is 8.24. The van der Waals surface area contributed by atoms with Crippen LogP contribution in [0.2, 0.25) is 0 Å². The number of carbonyl (C=O) groups excluding carboxylic acids is 1. The lowest BCUT2D eigenvalue weighted by atomic mass is 10.1. The van der Waals surface area contributed by atoms with Gasteiger partial charge in [-0.15, -0.1) is 11.3 Å². The second-order valence-corrected chi connectivity index (χ2v) is 5.93. The van der Waals surface area contributed by atoms with Crippen molar-refractivity contribution in [3.05, 3.63) is 52.3 Å². The van der Waals surface area contributed by atoms with E-state index in [4.69, 9.17) is 9.47 Å². The fourth-order valence-corrected chi connectivity index (χ4v) is 2.75. The third kappa shape index (κ3) is 3.86. The first-order chi connectivity index (χ1) is 12.2. The van der Waals surface area contributed by atoms with Gasteiger partial charge in [-0.05, 0) is 35.7 Å². The number of nitrogens with one attached hydrogen (secondary N) is 2. The van der Waals surface area contributed by atoms with Crippen LogP contribution in [0.25, 0.3) is 11.3 Å². The number of hydrogen-bond acceptors (Lipinski definition) is 6. The molecule has 7 nitrogen and oxygen atoms in total. The van der Waals surface area contributed by atoms with Gasteiger partial charge in [0, 0.05) is 10.4 Å². The van der Waals surface area contributed by atoms with Gasteiger partial charge in [0.05, 0.1) is 26.1 Å². The maximum atomic E-state index is 12.1. The molecule has 3 aromatic rings. The number of hydrazone groups is 1. The number of hydrogen-bond donors (Lipinski definition) is 2. The molecule has 0 radical (unpaired) electrons. The van der Waals surface area contributed by atoms with E-state index in [1.165, 1.54) is 11.3 Å². The van der Waals surface area contributed by atoms with Gasteiger partial charge in [-0.2, -0.15) is 10.2 Å². The highest BCUT2D eigenvalue weighted by atomic mass is 32.1. The molecule has 0 atom stereocenters. The Labute approximate surface area is 148 Å². The smallest absolute Gasteiger partial charge is 0.289 e. The van der Waals surface area contributed by atoms with Crippen LogP contribution in [0.5, 0.6) is 11.5 Å². The molecule has 128 valence electrons. The van der Waals surface area contributed by atoms with E-state index in [-0.39, 0.29) is 5.91 Å². The highest BCUT2D eigenvalue weighted by Crippen LogP contribution is 2.31. The third-order valence-electron chi connectivity index (χ3n) is 3.40. The molecule has 0 saturated heterocycles. The lowest BCUT2D eigenvalue weighted by molar-refractivity contribution is 0.0950. The molecule has 0 spiro atoms. The zero-order valence-electron chi connectivity index (χ0n) is 13.6. The molecular formula is C17H16N4O3S. The Kier molecular flexibility index (Phi) is 5.10. The molecule has 3 rings (SSSR count). The molecule has 2 N–H and O–H groups in total. The maximum Gasteiger partial charge on any atom is 0.289 e. The maximum absolute atomic E-state index is 12.1. The number of carbonyl (C=O) groups is 1. The molecule has 0 unspecified atom stereocenters. The summed E-state index contributed by atoms with van der Waals surface area (Å²) in [6.07, 6.45) is 1.59. The number of amides is 1. The molecule has 8 heteroatoms. The number of benzene rings is 1. The number of nitrogens with zero attached hydrogens (tertiary/aromatic N) is 2. The van der Waals surface area contributed by atoms with Gasteiger partial charge in [-0.3, -0.25) is 9.89 Å². The summed E-state index contributed by atoms with van der Waals surface area (Å²) in [5.74, 6) is 0.851. The van der Waals surface area contributed by atoms with Crippen LogP contribution in [0.4, 0.5) is 0 Å². The van der Waals surface area contributed by atoms with Gasteiger partial charge in [-0.25, -0.2) is 5.43 Å². The first-order valence-electron chi connectivity index (χ1n) is 7.36. The van der Waals surface area contributed by atoms with E-state index in [1.54, 1.807) is 38.6 Å². The van der Waals surface area contributed by atoms with Crippen molar-refractivity contribution in [2.75, 3.05) is 14.2 Å². The van der Waals surface area contributed by atoms with Crippen LogP contribution in [0.15, 0.2) is 46.9 Å². The van der Waals surface area contributed by atoms with Gasteiger partial charge < -0.3 is 9.47 Å². The minimum absolute atomic E-state index is 0.313. The molecule has 1 amide bonds. The molecule has 0 bridgehead atoms. The normalized spacial score (nSPS) is 10.8. The molecule has 2 aromatic heterocycles. The van der Waals surface area contributed by atoms with Crippen molar-refractivity contribution in [1.29, 1.82) is 0 Å². The topological polar surface area (TPSA) is 88.6 Å². The monoisotopic (exact) mass is 356 g/mol. The first kappa shape index (κ1) is 16.7. The van der Waals surface area contributed by atoms with Crippen LogP contribution in [0, 0.1) is 0 Å². The van der Waals surface area contributed by atoms with Gasteiger partial charge in [-0.1, -0.05) is 6.07 Å². The van der Waals surface area contributed by atoms with Crippen molar-refractivity contribution in [2.24, 2.45) is 5.10 Å². The Hall–Kier alpha value is -3.13. The average Bonchev–Trinajstić information content (AvgIpc) is 3.33. The molecule has 0 saturated carbocycles. The van der Waals surface area contributed by atoms with Gasteiger partial charge in [0.2, 0.25) is 0 Å². The predicted octanol–water partition coefficient (Wildman–Crippen LogP) is 2.92. The van der Waals surface area contributed by atoms with Crippen molar-refractivity contribution in [3.8, 4) is 22.8 Å². The number of ether oxygens (including phenoxy) is 2. The zero-order chi connectivity index (χ0) is 17.6. The van der Waals surface area contributed by atoms with Crippen LogP contribution < -0.4 is 14.9 Å². The van der Waals surface area contributed by atoms with E-state index in [9.17, 15) is 4.79 Å². The molecule has 0 aliphatic rings. The van der Waals surface area contributed by atoms with Crippen LogP contribution in [-0.2, 0) is 0 Å². The Balaban J connectivity index is 1.72. The highest BCUT2D eigenvalue weighted by Gasteiger charge is 2.12. The lowest BCUT2D eigenvalue weighted by Gasteiger charge is -2.08. The number of aromatic amines is 1. The Bertz CT molecular complexity index is 887. The summed E-state index contributed by atoms with van der Waals surface area (Å²) in [4.78, 5) is 13.1. The molecule has 1 aromatic carbocycles. The molecule has 0 fully saturated rings. The zero-order valence-corrected chi connectivity index (χ0v) is 14.5. The Morgan fingerprint density at radius 2 is 2.08 bits per heavy atom. The standard InChI is InChI=1S/C17H16N4O3S/c1-23-15-6-5-11(8-16(15)24-2)13-9-14(20-19-13)17(22)21-18-10-12-4-3-7-25-12/h3-10H,1-2H3,(H,19,20)(H,21,22). The minimum Gasteiger partial charge on any atom is -0.493 e. The largest absolute Gasteiger partial charge is 0.493 e. The van der Waals surface area contributed by atoms with Crippen LogP contribution in [0.1, 0.15) is 15.4 Å². The van der Waals surface area contributed by atoms with Crippen LogP contribution in [0.3, 0.4) is 0 Å². The molecule has 25 heavy (non-hydrogen) atoms. The van der Waals surface area contributed by atoms with Gasteiger partial charge in [0.25, 0.3) is 5.91 Å². The summed E-state index contributed by atoms with van der Waals surface area (Å²) in [5, 5.41) is 12.7. The SMILES string of the molecule is COc1ccc(-c2cc(C(=O)NN=Cc3cccs3)[nH]n2)cc1OC. The highest BCUT2D eigenvalue weighted by molar-refractivity contribution is 7.11. The van der Waals surface area contributed by atoms with Gasteiger partial charge >= 0.3 is 0 Å². The Morgan fingerprint density at radius 1 is 1.24 bits per heavy atom. The van der Waals surface area contributed by atoms with Crippen LogP contribution in [-0.4, -0.2) is 36.5 Å². The van der Waals surface area contributed by atoms with Crippen molar-refractivity contribution < 1.29 is 14.3 Å². The van der Waals surface area contributed by atoms with Crippen molar-refractivity contribution in [2.45, 2.75) is 0 Å². The van der Waals surface area contributed by atoms with Crippen molar-refractivity contribution >= 4 is 23.5 Å². The molecule has 2 heterocycles. The summed E-state index contributed by atoms with van der Waals surface area (Å²) in [5.41, 5.74) is 4.20. The van der Waals surface area contributed by atoms with E-state index >= 15 is 0 Å². The average molecular weight is 356 g/mol. The number of H-pyrrole nitrogens is 1. The summed E-state index contributed by atoms with van der Waals surface area (Å²) >= 11 is 1.54. The summed E-state index contributed by atoms with van der Waals surface area (Å²) in [7, 11) is 3.14. The van der Waals surface area contributed by atoms with E-state index in [1.807, 2.05) is 23.6 Å². The van der Waals surface area contributed by atoms with Gasteiger partial charge in [0.1, 0.15) is 5.69 Å². The number of thiophene rings is 1. The minimum atomic E-state index is -0.368. The quantitative estimate of drug-likeness (QED) is 0.525. The number of aromatic nitrogens is 2. The molecule has 0 aliphatic heterocycles. The fourth-order valence-electron chi connectivity index (χ4n) is 2.16. The lowest BCUT2D eigenvalue weighted by Crippen LogP contribution is -2.17. The second kappa shape index (κ2) is 7.63. The van der Waals surface area contributed by atoms with Crippen LogP contribution >= 0.6 is 11.3 Å². The summed E-state index contributed by atoms with van der Waals surface area (Å²) in [6, 6.07) is 10.9. The second-order valence-electron chi connectivity index (χ2n) is 4.95. The summed E-state index contributed by atoms with van der Waals surface area (Å²) < 4.78 is 10.5. The van der Waals surface area contributed by atoms with E-state index in [0.717, 1.165) is 10.4 Å². The molecule has 0 aliphatic carbocycles. The predicted molar refractivity (Wildman–Crippen MR) is 96.5 cm³/mol. The van der Waals surface area contributed by atoms with E-state index in [2.05, 4.69) is 20.7 Å². The third-order valence-corrected chi connectivity index (χ3v) is 4.21. The van der Waals surface area contributed by atoms with Crippen molar-refractivity contribution in [3.63, 3.8) is 0 Å². The summed E-state index contributed by atoms with van der Waals surface area (Å²) in [6.45, 7) is 0. The van der Waals surface area contributed by atoms with Crippen molar-refractivity contribution in [1.82, 2.24) is 15.6 Å². The number of methoxy groups -OCH3 is 2.